The lowest BCUT2D eigenvalue weighted by Crippen LogP contribution is -2.47. The second-order valence-corrected chi connectivity index (χ2v) is 5.75. The Kier molecular flexibility index (Phi) is 3.51. The summed E-state index contributed by atoms with van der Waals surface area (Å²) in [4.78, 5) is 16.2. The van der Waals surface area contributed by atoms with E-state index in [4.69, 9.17) is 11.6 Å². The third-order valence-corrected chi connectivity index (χ3v) is 3.77. The van der Waals surface area contributed by atoms with E-state index in [0.29, 0.717) is 24.1 Å². The third-order valence-electron chi connectivity index (χ3n) is 3.59. The monoisotopic (exact) mass is 332 g/mol. The van der Waals surface area contributed by atoms with Crippen LogP contribution in [0.1, 0.15) is 28.9 Å². The van der Waals surface area contributed by atoms with Crippen molar-refractivity contribution in [2.75, 3.05) is 0 Å². The van der Waals surface area contributed by atoms with Gasteiger partial charge in [-0.1, -0.05) is 11.6 Å². The molecule has 1 amide bonds. The smallest absolute Gasteiger partial charge is 0.339 e. The van der Waals surface area contributed by atoms with E-state index in [1.54, 1.807) is 13.0 Å². The van der Waals surface area contributed by atoms with Gasteiger partial charge in [0.25, 0.3) is 5.91 Å². The molecule has 2 heterocycles. The maximum absolute atomic E-state index is 13.0. The van der Waals surface area contributed by atoms with Crippen LogP contribution in [0.4, 0.5) is 13.2 Å². The maximum atomic E-state index is 13.0. The summed E-state index contributed by atoms with van der Waals surface area (Å²) in [5, 5.41) is 6.10. The molecule has 5 nitrogen and oxygen atoms in total. The number of rotatable bonds is 3. The first kappa shape index (κ1) is 15.1. The van der Waals surface area contributed by atoms with Crippen LogP contribution in [0.3, 0.4) is 0 Å². The summed E-state index contributed by atoms with van der Waals surface area (Å²) in [6.07, 6.45) is -2.36. The highest BCUT2D eigenvalue weighted by atomic mass is 35.5. The number of aryl methyl sites for hydroxylation is 1. The van der Waals surface area contributed by atoms with Gasteiger partial charge in [-0.25, -0.2) is 9.50 Å². The molecule has 1 atom stereocenters. The average Bonchev–Trinajstić information content (AvgIpc) is 3.13. The van der Waals surface area contributed by atoms with E-state index in [9.17, 15) is 18.0 Å². The van der Waals surface area contributed by atoms with Gasteiger partial charge < -0.3 is 5.32 Å². The van der Waals surface area contributed by atoms with Gasteiger partial charge in [-0.05, 0) is 37.3 Å². The molecule has 0 spiro atoms. The number of nitrogens with zero attached hydrogens (tertiary/aromatic N) is 3. The van der Waals surface area contributed by atoms with Crippen molar-refractivity contribution in [1.29, 1.82) is 0 Å². The second-order valence-electron chi connectivity index (χ2n) is 5.36. The molecule has 0 radical (unpaired) electrons. The van der Waals surface area contributed by atoms with Gasteiger partial charge >= 0.3 is 6.18 Å². The summed E-state index contributed by atoms with van der Waals surface area (Å²) in [7, 11) is 0. The minimum absolute atomic E-state index is 0.0736. The first-order valence-corrected chi connectivity index (χ1v) is 7.03. The fraction of sp³-hybridized carbons (Fsp3) is 0.462. The molecule has 2 aromatic rings. The molecule has 2 aromatic heterocycles. The molecule has 0 saturated heterocycles. The number of carbonyl (C=O) groups excluding carboxylic acids is 1. The molecule has 22 heavy (non-hydrogen) atoms. The molecule has 9 heteroatoms. The van der Waals surface area contributed by atoms with Crippen LogP contribution >= 0.6 is 11.6 Å². The summed E-state index contributed by atoms with van der Waals surface area (Å²) < 4.78 is 40.1. The molecular formula is C13H12ClF3N4O. The fourth-order valence-corrected chi connectivity index (χ4v) is 2.59. The molecule has 118 valence electrons. The lowest BCUT2D eigenvalue weighted by atomic mass is 10.1. The van der Waals surface area contributed by atoms with Crippen molar-refractivity contribution in [2.24, 2.45) is 5.92 Å². The zero-order valence-electron chi connectivity index (χ0n) is 11.5. The highest BCUT2D eigenvalue weighted by Gasteiger charge is 2.49. The first-order valence-electron chi connectivity index (χ1n) is 6.66. The lowest BCUT2D eigenvalue weighted by Gasteiger charge is -2.20. The molecule has 0 aliphatic heterocycles. The number of nitrogens with one attached hydrogen (secondary N) is 1. The number of alkyl halides is 3. The minimum atomic E-state index is -4.47. The number of carbonyl (C=O) groups is 1. The van der Waals surface area contributed by atoms with Crippen molar-refractivity contribution in [2.45, 2.75) is 32.0 Å². The predicted molar refractivity (Wildman–Crippen MR) is 72.8 cm³/mol. The van der Waals surface area contributed by atoms with Crippen LogP contribution in [0.2, 0.25) is 5.15 Å². The van der Waals surface area contributed by atoms with Crippen molar-refractivity contribution < 1.29 is 18.0 Å². The summed E-state index contributed by atoms with van der Waals surface area (Å²) in [5.41, 5.74) is 0.980. The van der Waals surface area contributed by atoms with Gasteiger partial charge in [0, 0.05) is 0 Å². The molecule has 0 bridgehead atoms. The highest BCUT2D eigenvalue weighted by molar-refractivity contribution is 6.29. The summed E-state index contributed by atoms with van der Waals surface area (Å²) in [5.74, 6) is -1.42. The van der Waals surface area contributed by atoms with Gasteiger partial charge in [-0.2, -0.15) is 18.3 Å². The SMILES string of the molecule is Cc1cc(Cl)nn2c(C(=O)N[C@H](C3CC3)C(F)(F)F)cnc12. The van der Waals surface area contributed by atoms with Crippen molar-refractivity contribution >= 4 is 23.2 Å². The third kappa shape index (κ3) is 2.75. The Balaban J connectivity index is 1.92. The Morgan fingerprint density at radius 3 is 2.77 bits per heavy atom. The number of fused-ring (bicyclic) bond motifs is 1. The van der Waals surface area contributed by atoms with E-state index < -0.39 is 24.0 Å². The van der Waals surface area contributed by atoms with E-state index >= 15 is 0 Å². The van der Waals surface area contributed by atoms with Crippen LogP contribution < -0.4 is 5.32 Å². The number of halogens is 4. The van der Waals surface area contributed by atoms with Gasteiger partial charge in [-0.15, -0.1) is 0 Å². The number of hydrogen-bond acceptors (Lipinski definition) is 3. The van der Waals surface area contributed by atoms with E-state index in [0.717, 1.165) is 4.52 Å². The van der Waals surface area contributed by atoms with Gasteiger partial charge in [-0.3, -0.25) is 4.79 Å². The topological polar surface area (TPSA) is 59.3 Å². The Bertz CT molecular complexity index is 739. The Hall–Kier alpha value is -1.83. The summed E-state index contributed by atoms with van der Waals surface area (Å²) in [6.45, 7) is 1.72. The van der Waals surface area contributed by atoms with Gasteiger partial charge in [0.15, 0.2) is 11.3 Å². The highest BCUT2D eigenvalue weighted by Crippen LogP contribution is 2.40. The molecular weight excluding hydrogens is 321 g/mol. The zero-order chi connectivity index (χ0) is 16.1. The van der Waals surface area contributed by atoms with E-state index in [1.807, 2.05) is 5.32 Å². The minimum Gasteiger partial charge on any atom is -0.339 e. The number of amides is 1. The van der Waals surface area contributed by atoms with E-state index in [1.165, 1.54) is 6.20 Å². The molecule has 3 rings (SSSR count). The number of hydrogen-bond donors (Lipinski definition) is 1. The molecule has 1 aliphatic carbocycles. The number of imidazole rings is 1. The van der Waals surface area contributed by atoms with Gasteiger partial charge in [0.05, 0.1) is 6.20 Å². The maximum Gasteiger partial charge on any atom is 0.408 e. The fourth-order valence-electron chi connectivity index (χ4n) is 2.35. The molecule has 1 aliphatic rings. The first-order chi connectivity index (χ1) is 10.3. The van der Waals surface area contributed by atoms with Crippen LogP contribution in [0.15, 0.2) is 12.3 Å². The molecule has 1 fully saturated rings. The van der Waals surface area contributed by atoms with Crippen molar-refractivity contribution in [1.82, 2.24) is 19.9 Å². The molecule has 0 aromatic carbocycles. The summed E-state index contributed by atoms with van der Waals surface area (Å²) in [6, 6.07) is -0.278. The van der Waals surface area contributed by atoms with Crippen molar-refractivity contribution in [3.8, 4) is 0 Å². The molecule has 1 N–H and O–H groups in total. The largest absolute Gasteiger partial charge is 0.408 e. The van der Waals surface area contributed by atoms with Crippen LogP contribution in [-0.2, 0) is 0 Å². The lowest BCUT2D eigenvalue weighted by molar-refractivity contribution is -0.158. The second kappa shape index (κ2) is 5.12. The quantitative estimate of drug-likeness (QED) is 0.940. The molecule has 1 saturated carbocycles. The van der Waals surface area contributed by atoms with Crippen LogP contribution in [0, 0.1) is 12.8 Å². The van der Waals surface area contributed by atoms with Gasteiger partial charge in [0.2, 0.25) is 0 Å². The van der Waals surface area contributed by atoms with E-state index in [2.05, 4.69) is 10.1 Å². The van der Waals surface area contributed by atoms with Crippen LogP contribution in [-0.4, -0.2) is 32.7 Å². The van der Waals surface area contributed by atoms with Crippen LogP contribution in [0.5, 0.6) is 0 Å². The van der Waals surface area contributed by atoms with Gasteiger partial charge in [0.1, 0.15) is 11.2 Å². The normalized spacial score (nSPS) is 16.8. The zero-order valence-corrected chi connectivity index (χ0v) is 12.2. The predicted octanol–water partition coefficient (Wildman–Crippen LogP) is 2.76. The number of aromatic nitrogens is 3. The summed E-state index contributed by atoms with van der Waals surface area (Å²) >= 11 is 5.82. The Morgan fingerprint density at radius 2 is 2.18 bits per heavy atom. The van der Waals surface area contributed by atoms with Crippen molar-refractivity contribution in [3.05, 3.63) is 28.7 Å². The van der Waals surface area contributed by atoms with Crippen LogP contribution in [0.25, 0.3) is 5.65 Å². The Labute approximate surface area is 128 Å². The standard InChI is InChI=1S/C13H12ClF3N4O/c1-6-4-9(14)20-21-8(5-18-11(6)21)12(22)19-10(7-2-3-7)13(15,16)17/h4-5,7,10H,2-3H2,1H3,(H,19,22)/t10-/m1/s1. The molecule has 0 unspecified atom stereocenters. The van der Waals surface area contributed by atoms with E-state index in [-0.39, 0.29) is 10.8 Å². The van der Waals surface area contributed by atoms with Crippen molar-refractivity contribution in [3.63, 3.8) is 0 Å². The Morgan fingerprint density at radius 1 is 1.50 bits per heavy atom. The average molecular weight is 333 g/mol.